The Kier molecular flexibility index (Phi) is 2.59. The van der Waals surface area contributed by atoms with E-state index in [1.807, 2.05) is 24.4 Å². The van der Waals surface area contributed by atoms with Crippen molar-refractivity contribution in [3.63, 3.8) is 0 Å². The third-order valence-electron chi connectivity index (χ3n) is 2.31. The summed E-state index contributed by atoms with van der Waals surface area (Å²) in [7, 11) is 0. The van der Waals surface area contributed by atoms with Crippen LogP contribution in [0, 0.1) is 0 Å². The molecule has 1 heteroatoms. The molecule has 0 unspecified atom stereocenters. The van der Waals surface area contributed by atoms with Crippen LogP contribution in [0.3, 0.4) is 0 Å². The molecule has 1 nitrogen and oxygen atoms in total. The fourth-order valence-electron chi connectivity index (χ4n) is 1.27. The van der Waals surface area contributed by atoms with E-state index in [1.54, 1.807) is 0 Å². The Morgan fingerprint density at radius 1 is 0.929 bits per heavy atom. The minimum atomic E-state index is 1.03. The van der Waals surface area contributed by atoms with E-state index < -0.39 is 0 Å². The van der Waals surface area contributed by atoms with Crippen LogP contribution in [0.15, 0.2) is 48.7 Å². The van der Waals surface area contributed by atoms with Crippen molar-refractivity contribution in [3.05, 3.63) is 54.4 Å². The first-order chi connectivity index (χ1) is 6.90. The lowest BCUT2D eigenvalue weighted by Gasteiger charge is -2.10. The molecule has 14 heavy (non-hydrogen) atoms. The van der Waals surface area contributed by atoms with Crippen molar-refractivity contribution in [1.82, 2.24) is 4.98 Å². The molecule has 0 N–H and O–H groups in total. The highest BCUT2D eigenvalue weighted by Gasteiger charge is 2.03. The van der Waals surface area contributed by atoms with E-state index in [0.29, 0.717) is 0 Å². The second kappa shape index (κ2) is 4.05. The van der Waals surface area contributed by atoms with Crippen LogP contribution in [-0.2, 0) is 6.42 Å². The molecule has 0 spiro atoms. The van der Waals surface area contributed by atoms with Gasteiger partial charge >= 0.3 is 0 Å². The van der Waals surface area contributed by atoms with E-state index in [2.05, 4.69) is 36.2 Å². The number of pyridine rings is 1. The van der Waals surface area contributed by atoms with E-state index in [1.165, 1.54) is 11.1 Å². The molecule has 0 saturated carbocycles. The van der Waals surface area contributed by atoms with Crippen LogP contribution < -0.4 is 0 Å². The fraction of sp³-hybridized carbons (Fsp3) is 0.154. The molecule has 0 atom stereocenters. The largest absolute Gasteiger partial charge is 0.261 e. The topological polar surface area (TPSA) is 12.9 Å². The number of hydrogen-bond donors (Lipinski definition) is 0. The summed E-state index contributed by atoms with van der Waals surface area (Å²) >= 11 is 0. The van der Waals surface area contributed by atoms with Gasteiger partial charge in [-0.05, 0) is 29.7 Å². The van der Waals surface area contributed by atoms with E-state index in [-0.39, 0.29) is 0 Å². The molecular weight excluding hydrogens is 170 g/mol. The highest BCUT2D eigenvalue weighted by Crippen LogP contribution is 2.29. The van der Waals surface area contributed by atoms with Crippen molar-refractivity contribution in [2.45, 2.75) is 13.3 Å². The van der Waals surface area contributed by atoms with Gasteiger partial charge in [0.15, 0.2) is 0 Å². The molecule has 2 aliphatic carbocycles. The molecule has 2 aliphatic rings. The van der Waals surface area contributed by atoms with Crippen LogP contribution in [0.5, 0.6) is 0 Å². The summed E-state index contributed by atoms with van der Waals surface area (Å²) in [5, 5.41) is 0. The van der Waals surface area contributed by atoms with Crippen molar-refractivity contribution in [2.75, 3.05) is 0 Å². The highest BCUT2D eigenvalue weighted by atomic mass is 14.6. The lowest BCUT2D eigenvalue weighted by molar-refractivity contribution is 1.04. The molecule has 0 bridgehead atoms. The van der Waals surface area contributed by atoms with Gasteiger partial charge in [-0.1, -0.05) is 37.3 Å². The van der Waals surface area contributed by atoms with Crippen LogP contribution in [0.4, 0.5) is 0 Å². The molecule has 0 aromatic carbocycles. The summed E-state index contributed by atoms with van der Waals surface area (Å²) in [6, 6.07) is 14.4. The maximum atomic E-state index is 4.10. The second-order valence-electron chi connectivity index (χ2n) is 3.25. The van der Waals surface area contributed by atoms with Gasteiger partial charge in [0.05, 0.1) is 0 Å². The molecule has 0 aliphatic heterocycles. The van der Waals surface area contributed by atoms with Gasteiger partial charge in [-0.2, -0.15) is 0 Å². The molecule has 0 amide bonds. The van der Waals surface area contributed by atoms with Crippen LogP contribution in [-0.4, -0.2) is 4.98 Å². The maximum absolute atomic E-state index is 4.10. The Morgan fingerprint density at radius 3 is 1.79 bits per heavy atom. The summed E-state index contributed by atoms with van der Waals surface area (Å²) in [5.41, 5.74) is 4.01. The summed E-state index contributed by atoms with van der Waals surface area (Å²) < 4.78 is 0. The number of fused-ring (bicyclic) bond motifs is 1. The summed E-state index contributed by atoms with van der Waals surface area (Å²) in [5.74, 6) is 0. The van der Waals surface area contributed by atoms with E-state index in [0.717, 1.165) is 12.1 Å². The zero-order chi connectivity index (χ0) is 9.80. The molecule has 0 fully saturated rings. The van der Waals surface area contributed by atoms with Crippen LogP contribution in [0.2, 0.25) is 0 Å². The monoisotopic (exact) mass is 183 g/mol. The van der Waals surface area contributed by atoms with Crippen molar-refractivity contribution >= 4 is 0 Å². The predicted molar refractivity (Wildman–Crippen MR) is 59.1 cm³/mol. The predicted octanol–water partition coefficient (Wildman–Crippen LogP) is 3.31. The van der Waals surface area contributed by atoms with Crippen LogP contribution in [0.25, 0.3) is 11.1 Å². The molecule has 3 rings (SSSR count). The minimum absolute atomic E-state index is 1.03. The molecule has 0 radical (unpaired) electrons. The Balaban J connectivity index is 0.000000110. The normalized spacial score (nSPS) is 10.1. The van der Waals surface area contributed by atoms with E-state index in [4.69, 9.17) is 0 Å². The standard InChI is InChI=1S/C7H9N.C6H4/c1-2-7-5-3-4-6-8-7;1-2-6-4-3-5(1)6/h3-6H,2H2,1H3;1-4H. The first kappa shape index (κ1) is 8.95. The van der Waals surface area contributed by atoms with Gasteiger partial charge in [-0.15, -0.1) is 0 Å². The third-order valence-corrected chi connectivity index (χ3v) is 2.31. The molecular formula is C13H13N. The SMILES string of the molecule is CCc1ccccn1.c1cc2ccc1-2. The summed E-state index contributed by atoms with van der Waals surface area (Å²) in [6.07, 6.45) is 2.85. The smallest absolute Gasteiger partial charge is 0.0400 e. The Labute approximate surface area is 84.4 Å². The Morgan fingerprint density at radius 2 is 1.57 bits per heavy atom. The summed E-state index contributed by atoms with van der Waals surface area (Å²) in [4.78, 5) is 4.10. The Hall–Kier alpha value is -1.63. The number of nitrogens with zero attached hydrogens (tertiary/aromatic N) is 1. The lowest BCUT2D eigenvalue weighted by atomic mass is 9.95. The zero-order valence-corrected chi connectivity index (χ0v) is 8.27. The van der Waals surface area contributed by atoms with Gasteiger partial charge in [0.1, 0.15) is 0 Å². The number of hydrogen-bond acceptors (Lipinski definition) is 1. The Bertz CT molecular complexity index is 368. The third kappa shape index (κ3) is 1.82. The molecule has 0 saturated heterocycles. The molecule has 1 aromatic heterocycles. The van der Waals surface area contributed by atoms with Crippen molar-refractivity contribution in [1.29, 1.82) is 0 Å². The van der Waals surface area contributed by atoms with E-state index in [9.17, 15) is 0 Å². The minimum Gasteiger partial charge on any atom is -0.261 e. The molecule has 1 heterocycles. The maximum Gasteiger partial charge on any atom is 0.0400 e. The number of benzene rings is 1. The molecule has 1 aromatic rings. The summed E-state index contributed by atoms with van der Waals surface area (Å²) in [6.45, 7) is 2.10. The second-order valence-corrected chi connectivity index (χ2v) is 3.25. The van der Waals surface area contributed by atoms with E-state index >= 15 is 0 Å². The first-order valence-electron chi connectivity index (χ1n) is 4.90. The van der Waals surface area contributed by atoms with Gasteiger partial charge < -0.3 is 0 Å². The van der Waals surface area contributed by atoms with Gasteiger partial charge in [-0.25, -0.2) is 0 Å². The van der Waals surface area contributed by atoms with Crippen LogP contribution in [0.1, 0.15) is 12.6 Å². The lowest BCUT2D eigenvalue weighted by Crippen LogP contribution is -1.85. The van der Waals surface area contributed by atoms with Gasteiger partial charge in [0, 0.05) is 11.9 Å². The fourth-order valence-corrected chi connectivity index (χ4v) is 1.27. The van der Waals surface area contributed by atoms with Gasteiger partial charge in [-0.3, -0.25) is 4.98 Å². The average Bonchev–Trinajstić information content (AvgIpc) is 2.25. The van der Waals surface area contributed by atoms with Crippen LogP contribution >= 0.6 is 0 Å². The average molecular weight is 183 g/mol. The quantitative estimate of drug-likeness (QED) is 0.564. The number of aromatic nitrogens is 1. The van der Waals surface area contributed by atoms with Crippen molar-refractivity contribution < 1.29 is 0 Å². The van der Waals surface area contributed by atoms with Gasteiger partial charge in [0.25, 0.3) is 0 Å². The van der Waals surface area contributed by atoms with Crippen molar-refractivity contribution in [2.24, 2.45) is 0 Å². The zero-order valence-electron chi connectivity index (χ0n) is 8.27. The first-order valence-corrected chi connectivity index (χ1v) is 4.90. The van der Waals surface area contributed by atoms with Gasteiger partial charge in [0.2, 0.25) is 0 Å². The number of aryl methyl sites for hydroxylation is 1. The molecule has 70 valence electrons. The highest BCUT2D eigenvalue weighted by molar-refractivity contribution is 5.75. The van der Waals surface area contributed by atoms with Crippen molar-refractivity contribution in [3.8, 4) is 11.1 Å². The number of rotatable bonds is 1.